The number of rotatable bonds is 6. The van der Waals surface area contributed by atoms with Crippen molar-refractivity contribution in [1.29, 1.82) is 0 Å². The van der Waals surface area contributed by atoms with Gasteiger partial charge in [-0.25, -0.2) is 0 Å². The molecule has 0 spiro atoms. The molecule has 0 aliphatic carbocycles. The minimum Gasteiger partial charge on any atom is -0.344 e. The zero-order valence-corrected chi connectivity index (χ0v) is 18.0. The number of pyridine rings is 2. The molecule has 158 valence electrons. The van der Waals surface area contributed by atoms with Crippen molar-refractivity contribution in [3.8, 4) is 0 Å². The highest BCUT2D eigenvalue weighted by atomic mass is 16.1. The molecule has 8 nitrogen and oxygen atoms in total. The molecule has 4 aromatic rings. The van der Waals surface area contributed by atoms with Crippen molar-refractivity contribution in [2.75, 3.05) is 5.32 Å². The number of hydrogen-bond donors (Lipinski definition) is 1. The number of amides is 1. The molecule has 0 saturated carbocycles. The highest BCUT2D eigenvalue weighted by Crippen LogP contribution is 2.26. The Labute approximate surface area is 179 Å². The van der Waals surface area contributed by atoms with E-state index in [2.05, 4.69) is 34.2 Å². The van der Waals surface area contributed by atoms with E-state index >= 15 is 0 Å². The smallest absolute Gasteiger partial charge is 0.228 e. The maximum absolute atomic E-state index is 13.2. The Hall–Kier alpha value is -3.81. The van der Waals surface area contributed by atoms with Gasteiger partial charge in [0.2, 0.25) is 11.7 Å². The summed E-state index contributed by atoms with van der Waals surface area (Å²) in [5, 5.41) is 7.89. The van der Waals surface area contributed by atoms with Crippen LogP contribution in [0.4, 0.5) is 5.69 Å². The van der Waals surface area contributed by atoms with Gasteiger partial charge in [0.15, 0.2) is 0 Å². The molecular formula is C23H24N6O2. The molecule has 0 unspecified atom stereocenters. The molecule has 4 aromatic heterocycles. The number of carbonyl (C=O) groups is 2. The van der Waals surface area contributed by atoms with Crippen molar-refractivity contribution in [2.45, 2.75) is 33.2 Å². The molecule has 31 heavy (non-hydrogen) atoms. The third-order valence-electron chi connectivity index (χ3n) is 5.18. The summed E-state index contributed by atoms with van der Waals surface area (Å²) in [4.78, 5) is 34.1. The summed E-state index contributed by atoms with van der Waals surface area (Å²) in [5.41, 5.74) is 3.96. The van der Waals surface area contributed by atoms with Crippen molar-refractivity contribution in [2.24, 2.45) is 7.05 Å². The number of carbonyl (C=O) groups excluding carboxylic acids is 2. The van der Waals surface area contributed by atoms with Gasteiger partial charge in [-0.3, -0.25) is 24.2 Å². The molecule has 0 bridgehead atoms. The molecule has 0 aliphatic rings. The van der Waals surface area contributed by atoms with E-state index in [9.17, 15) is 9.59 Å². The predicted molar refractivity (Wildman–Crippen MR) is 118 cm³/mol. The molecule has 0 saturated heterocycles. The minimum absolute atomic E-state index is 0.179. The number of aryl methyl sites for hydroxylation is 2. The van der Waals surface area contributed by atoms with Gasteiger partial charge >= 0.3 is 0 Å². The topological polar surface area (TPSA) is 94.7 Å². The summed E-state index contributed by atoms with van der Waals surface area (Å²) in [6.45, 7) is 5.99. The molecular weight excluding hydrogens is 392 g/mol. The first kappa shape index (κ1) is 20.5. The average molecular weight is 416 g/mol. The number of nitrogens with zero attached hydrogens (tertiary/aromatic N) is 5. The predicted octanol–water partition coefficient (Wildman–Crippen LogP) is 3.47. The largest absolute Gasteiger partial charge is 0.344 e. The van der Waals surface area contributed by atoms with Gasteiger partial charge in [-0.2, -0.15) is 5.10 Å². The van der Waals surface area contributed by atoms with Crippen LogP contribution in [0, 0.1) is 6.92 Å². The van der Waals surface area contributed by atoms with Crippen LogP contribution >= 0.6 is 0 Å². The first-order chi connectivity index (χ1) is 14.8. The molecule has 0 fully saturated rings. The van der Waals surface area contributed by atoms with Crippen molar-refractivity contribution >= 4 is 28.3 Å². The monoisotopic (exact) mass is 416 g/mol. The van der Waals surface area contributed by atoms with E-state index in [1.165, 1.54) is 6.20 Å². The molecule has 4 heterocycles. The number of anilines is 1. The van der Waals surface area contributed by atoms with Gasteiger partial charge in [0.05, 0.1) is 23.2 Å². The fourth-order valence-electron chi connectivity index (χ4n) is 3.68. The molecule has 8 heteroatoms. The van der Waals surface area contributed by atoms with E-state index in [0.29, 0.717) is 11.3 Å². The van der Waals surface area contributed by atoms with Crippen LogP contribution in [0.5, 0.6) is 0 Å². The summed E-state index contributed by atoms with van der Waals surface area (Å²) in [6.07, 6.45) is 8.82. The van der Waals surface area contributed by atoms with Gasteiger partial charge in [-0.05, 0) is 39.0 Å². The van der Waals surface area contributed by atoms with Crippen LogP contribution in [-0.2, 0) is 18.3 Å². The van der Waals surface area contributed by atoms with Crippen molar-refractivity contribution in [1.82, 2.24) is 24.3 Å². The first-order valence-electron chi connectivity index (χ1n) is 10.1. The fourth-order valence-corrected chi connectivity index (χ4v) is 3.68. The van der Waals surface area contributed by atoms with E-state index in [1.807, 2.05) is 37.0 Å². The highest BCUT2D eigenvalue weighted by Gasteiger charge is 2.19. The number of hydrogen-bond acceptors (Lipinski definition) is 5. The van der Waals surface area contributed by atoms with E-state index in [1.54, 1.807) is 29.2 Å². The second kappa shape index (κ2) is 8.14. The standard InChI is InChI=1S/C23H24N6O2/c1-14(2)29-13-19(18-11-24-7-6-21(18)29)23(31)20-10-17(5-8-25-20)26-22(30)9-16-12-28(4)27-15(16)3/h5-8,10-14H,9H2,1-4H3,(H,25,26,30). The number of fused-ring (bicyclic) bond motifs is 1. The lowest BCUT2D eigenvalue weighted by Crippen LogP contribution is -2.15. The van der Waals surface area contributed by atoms with E-state index in [0.717, 1.165) is 22.2 Å². The Balaban J connectivity index is 1.58. The SMILES string of the molecule is Cc1nn(C)cc1CC(=O)Nc1ccnc(C(=O)c2cn(C(C)C)c3ccncc23)c1. The molecule has 4 rings (SSSR count). The Bertz CT molecular complexity index is 1280. The van der Waals surface area contributed by atoms with Crippen molar-refractivity contribution in [3.05, 3.63) is 71.7 Å². The highest BCUT2D eigenvalue weighted by molar-refractivity contribution is 6.15. The molecule has 1 N–H and O–H groups in total. The second-order valence-electron chi connectivity index (χ2n) is 7.83. The molecule has 1 amide bonds. The summed E-state index contributed by atoms with van der Waals surface area (Å²) < 4.78 is 3.73. The van der Waals surface area contributed by atoms with Crippen LogP contribution in [0.25, 0.3) is 10.9 Å². The first-order valence-corrected chi connectivity index (χ1v) is 10.1. The van der Waals surface area contributed by atoms with Crippen molar-refractivity contribution in [3.63, 3.8) is 0 Å². The van der Waals surface area contributed by atoms with Crippen LogP contribution < -0.4 is 5.32 Å². The van der Waals surface area contributed by atoms with Gasteiger partial charge in [-0.15, -0.1) is 0 Å². The molecule has 0 atom stereocenters. The van der Waals surface area contributed by atoms with E-state index in [4.69, 9.17) is 0 Å². The van der Waals surface area contributed by atoms with Gasteiger partial charge in [0.1, 0.15) is 5.69 Å². The Morgan fingerprint density at radius 3 is 2.68 bits per heavy atom. The molecule has 0 aromatic carbocycles. The number of ketones is 1. The van der Waals surface area contributed by atoms with Crippen LogP contribution in [0.1, 0.15) is 47.2 Å². The summed E-state index contributed by atoms with van der Waals surface area (Å²) in [7, 11) is 1.82. The van der Waals surface area contributed by atoms with Gasteiger partial charge in [-0.1, -0.05) is 0 Å². The maximum Gasteiger partial charge on any atom is 0.228 e. The lowest BCUT2D eigenvalue weighted by atomic mass is 10.1. The normalized spacial score (nSPS) is 11.3. The van der Waals surface area contributed by atoms with Crippen LogP contribution in [-0.4, -0.2) is 36.0 Å². The minimum atomic E-state index is -0.211. The van der Waals surface area contributed by atoms with E-state index < -0.39 is 0 Å². The van der Waals surface area contributed by atoms with Gasteiger partial charge in [0, 0.05) is 60.7 Å². The van der Waals surface area contributed by atoms with Gasteiger partial charge in [0.25, 0.3) is 0 Å². The van der Waals surface area contributed by atoms with Crippen molar-refractivity contribution < 1.29 is 9.59 Å². The van der Waals surface area contributed by atoms with Crippen LogP contribution in [0.3, 0.4) is 0 Å². The number of nitrogens with one attached hydrogen (secondary N) is 1. The maximum atomic E-state index is 13.2. The van der Waals surface area contributed by atoms with E-state index in [-0.39, 0.29) is 29.8 Å². The average Bonchev–Trinajstić information content (AvgIpc) is 3.27. The van der Waals surface area contributed by atoms with Crippen LogP contribution in [0.15, 0.2) is 49.2 Å². The quantitative estimate of drug-likeness (QED) is 0.486. The van der Waals surface area contributed by atoms with Gasteiger partial charge < -0.3 is 9.88 Å². The lowest BCUT2D eigenvalue weighted by molar-refractivity contribution is -0.115. The molecule has 0 radical (unpaired) electrons. The third-order valence-corrected chi connectivity index (χ3v) is 5.18. The fraction of sp³-hybridized carbons (Fsp3) is 0.261. The second-order valence-corrected chi connectivity index (χ2v) is 7.83. The summed E-state index contributed by atoms with van der Waals surface area (Å²) >= 11 is 0. The Morgan fingerprint density at radius 1 is 1.16 bits per heavy atom. The summed E-state index contributed by atoms with van der Waals surface area (Å²) in [6, 6.07) is 5.37. The lowest BCUT2D eigenvalue weighted by Gasteiger charge is -2.08. The summed E-state index contributed by atoms with van der Waals surface area (Å²) in [5.74, 6) is -0.391. The zero-order valence-electron chi connectivity index (χ0n) is 18.0. The Morgan fingerprint density at radius 2 is 1.97 bits per heavy atom. The zero-order chi connectivity index (χ0) is 22.1. The Kier molecular flexibility index (Phi) is 5.37. The molecule has 0 aliphatic heterocycles. The third kappa shape index (κ3) is 4.09. The number of aromatic nitrogens is 5. The van der Waals surface area contributed by atoms with Crippen LogP contribution in [0.2, 0.25) is 0 Å².